The van der Waals surface area contributed by atoms with E-state index in [1.54, 1.807) is 0 Å². The molecule has 2 rings (SSSR count). The molecule has 0 radical (unpaired) electrons. The zero-order chi connectivity index (χ0) is 15.2. The first-order valence-corrected chi connectivity index (χ1v) is 8.87. The van der Waals surface area contributed by atoms with E-state index in [-0.39, 0.29) is 5.91 Å². The maximum Gasteiger partial charge on any atom is 0.234 e. The third-order valence-corrected chi connectivity index (χ3v) is 5.39. The molecular weight excluding hydrogens is 262 g/mol. The van der Waals surface area contributed by atoms with Crippen LogP contribution < -0.4 is 11.1 Å². The molecule has 21 heavy (non-hydrogen) atoms. The minimum Gasteiger partial charge on any atom is -0.352 e. The summed E-state index contributed by atoms with van der Waals surface area (Å²) in [7, 11) is 0. The lowest BCUT2D eigenvalue weighted by Gasteiger charge is -2.35. The number of likely N-dealkylation sites (N-methyl/N-ethyl adjacent to an activating group) is 1. The second kappa shape index (κ2) is 8.14. The van der Waals surface area contributed by atoms with Gasteiger partial charge in [0, 0.05) is 18.1 Å². The molecule has 0 bridgehead atoms. The van der Waals surface area contributed by atoms with Gasteiger partial charge in [-0.1, -0.05) is 13.8 Å². The van der Waals surface area contributed by atoms with Crippen molar-refractivity contribution in [3.63, 3.8) is 0 Å². The van der Waals surface area contributed by atoms with E-state index in [1.165, 1.54) is 12.8 Å². The maximum absolute atomic E-state index is 12.3. The van der Waals surface area contributed by atoms with Gasteiger partial charge in [0.2, 0.25) is 5.91 Å². The van der Waals surface area contributed by atoms with Crippen molar-refractivity contribution in [1.29, 1.82) is 0 Å². The Morgan fingerprint density at radius 3 is 2.29 bits per heavy atom. The van der Waals surface area contributed by atoms with Gasteiger partial charge in [0.15, 0.2) is 0 Å². The first-order valence-electron chi connectivity index (χ1n) is 8.87. The van der Waals surface area contributed by atoms with E-state index >= 15 is 0 Å². The molecule has 2 fully saturated rings. The Balaban J connectivity index is 1.74. The number of carbonyl (C=O) groups excluding carboxylic acids is 1. The molecule has 1 amide bonds. The van der Waals surface area contributed by atoms with E-state index < -0.39 is 0 Å². The number of nitrogens with one attached hydrogen (secondary N) is 1. The standard InChI is InChI=1S/C17H33N3O/c1-3-20(16-10-6-14(18)7-11-16)12-17(21)19-15-8-4-13(2)5-9-15/h13-16H,3-12,18H2,1-2H3,(H,19,21). The van der Waals surface area contributed by atoms with Gasteiger partial charge < -0.3 is 11.1 Å². The van der Waals surface area contributed by atoms with Gasteiger partial charge in [0.1, 0.15) is 0 Å². The first-order chi connectivity index (χ1) is 10.1. The lowest BCUT2D eigenvalue weighted by atomic mass is 9.87. The molecule has 3 N–H and O–H groups in total. The van der Waals surface area contributed by atoms with Crippen molar-refractivity contribution in [3.8, 4) is 0 Å². The molecule has 0 aromatic rings. The molecule has 0 saturated heterocycles. The minimum atomic E-state index is 0.214. The van der Waals surface area contributed by atoms with E-state index in [9.17, 15) is 4.79 Å². The molecule has 2 aliphatic rings. The van der Waals surface area contributed by atoms with E-state index in [4.69, 9.17) is 5.73 Å². The summed E-state index contributed by atoms with van der Waals surface area (Å²) in [5.41, 5.74) is 5.98. The molecule has 0 heterocycles. The second-order valence-electron chi connectivity index (χ2n) is 7.16. The van der Waals surface area contributed by atoms with Crippen LogP contribution in [0.15, 0.2) is 0 Å². The summed E-state index contributed by atoms with van der Waals surface area (Å²) in [5, 5.41) is 3.25. The largest absolute Gasteiger partial charge is 0.352 e. The lowest BCUT2D eigenvalue weighted by Crippen LogP contribution is -2.48. The molecule has 0 aromatic carbocycles. The Bertz CT molecular complexity index is 318. The van der Waals surface area contributed by atoms with E-state index in [0.717, 1.165) is 51.0 Å². The lowest BCUT2D eigenvalue weighted by molar-refractivity contribution is -0.123. The van der Waals surface area contributed by atoms with Crippen LogP contribution in [-0.2, 0) is 4.79 Å². The highest BCUT2D eigenvalue weighted by Crippen LogP contribution is 2.24. The molecule has 0 unspecified atom stereocenters. The number of hydrogen-bond donors (Lipinski definition) is 2. The highest BCUT2D eigenvalue weighted by molar-refractivity contribution is 5.78. The van der Waals surface area contributed by atoms with E-state index in [0.29, 0.717) is 24.7 Å². The highest BCUT2D eigenvalue weighted by Gasteiger charge is 2.26. The van der Waals surface area contributed by atoms with E-state index in [1.807, 2.05) is 0 Å². The van der Waals surface area contributed by atoms with Crippen molar-refractivity contribution in [1.82, 2.24) is 10.2 Å². The van der Waals surface area contributed by atoms with Crippen molar-refractivity contribution in [2.45, 2.75) is 83.3 Å². The van der Waals surface area contributed by atoms with Gasteiger partial charge in [-0.05, 0) is 63.8 Å². The number of amides is 1. The molecule has 0 spiro atoms. The summed E-state index contributed by atoms with van der Waals surface area (Å²) in [6, 6.07) is 1.33. The maximum atomic E-state index is 12.3. The molecule has 4 nitrogen and oxygen atoms in total. The fourth-order valence-corrected chi connectivity index (χ4v) is 3.83. The summed E-state index contributed by atoms with van der Waals surface area (Å²) in [4.78, 5) is 14.6. The van der Waals surface area contributed by atoms with Crippen LogP contribution in [0.1, 0.15) is 65.2 Å². The Labute approximate surface area is 129 Å². The Morgan fingerprint density at radius 1 is 1.10 bits per heavy atom. The summed E-state index contributed by atoms with van der Waals surface area (Å²) < 4.78 is 0. The van der Waals surface area contributed by atoms with Gasteiger partial charge in [-0.2, -0.15) is 0 Å². The van der Waals surface area contributed by atoms with Gasteiger partial charge in [-0.3, -0.25) is 9.69 Å². The third kappa shape index (κ3) is 5.26. The monoisotopic (exact) mass is 295 g/mol. The number of hydrogen-bond acceptors (Lipinski definition) is 3. The van der Waals surface area contributed by atoms with Crippen LogP contribution in [0.4, 0.5) is 0 Å². The van der Waals surface area contributed by atoms with Gasteiger partial charge >= 0.3 is 0 Å². The molecule has 122 valence electrons. The van der Waals surface area contributed by atoms with Gasteiger partial charge in [-0.25, -0.2) is 0 Å². The van der Waals surface area contributed by atoms with Crippen LogP contribution in [0, 0.1) is 5.92 Å². The summed E-state index contributed by atoms with van der Waals surface area (Å²) in [6.45, 7) is 5.98. The highest BCUT2D eigenvalue weighted by atomic mass is 16.2. The summed E-state index contributed by atoms with van der Waals surface area (Å²) >= 11 is 0. The van der Waals surface area contributed by atoms with Crippen LogP contribution in [0.3, 0.4) is 0 Å². The van der Waals surface area contributed by atoms with Crippen molar-refractivity contribution < 1.29 is 4.79 Å². The first kappa shape index (κ1) is 16.8. The van der Waals surface area contributed by atoms with Crippen LogP contribution in [-0.4, -0.2) is 42.0 Å². The molecule has 2 aliphatic carbocycles. The van der Waals surface area contributed by atoms with Gasteiger partial charge in [0.25, 0.3) is 0 Å². The van der Waals surface area contributed by atoms with Crippen molar-refractivity contribution in [2.75, 3.05) is 13.1 Å². The van der Waals surface area contributed by atoms with Crippen molar-refractivity contribution >= 4 is 5.91 Å². The van der Waals surface area contributed by atoms with E-state index in [2.05, 4.69) is 24.1 Å². The number of nitrogens with zero attached hydrogens (tertiary/aromatic N) is 1. The van der Waals surface area contributed by atoms with Crippen LogP contribution in [0.5, 0.6) is 0 Å². The average molecular weight is 295 g/mol. The van der Waals surface area contributed by atoms with Crippen LogP contribution in [0.25, 0.3) is 0 Å². The fraction of sp³-hybridized carbons (Fsp3) is 0.941. The molecular formula is C17H33N3O. The van der Waals surface area contributed by atoms with Gasteiger partial charge in [-0.15, -0.1) is 0 Å². The molecule has 0 atom stereocenters. The predicted octanol–water partition coefficient (Wildman–Crippen LogP) is 2.27. The molecule has 0 aliphatic heterocycles. The zero-order valence-corrected chi connectivity index (χ0v) is 13.8. The molecule has 2 saturated carbocycles. The second-order valence-corrected chi connectivity index (χ2v) is 7.16. The van der Waals surface area contributed by atoms with Crippen molar-refractivity contribution in [2.24, 2.45) is 11.7 Å². The smallest absolute Gasteiger partial charge is 0.234 e. The fourth-order valence-electron chi connectivity index (χ4n) is 3.83. The predicted molar refractivity (Wildman–Crippen MR) is 87.0 cm³/mol. The molecule has 0 aromatic heterocycles. The minimum absolute atomic E-state index is 0.214. The number of rotatable bonds is 5. The average Bonchev–Trinajstić information content (AvgIpc) is 2.48. The summed E-state index contributed by atoms with van der Waals surface area (Å²) in [6.07, 6.45) is 9.29. The number of nitrogens with two attached hydrogens (primary N) is 1. The van der Waals surface area contributed by atoms with Crippen molar-refractivity contribution in [3.05, 3.63) is 0 Å². The van der Waals surface area contributed by atoms with Crippen LogP contribution >= 0.6 is 0 Å². The Morgan fingerprint density at radius 2 is 1.71 bits per heavy atom. The summed E-state index contributed by atoms with van der Waals surface area (Å²) in [5.74, 6) is 1.04. The Kier molecular flexibility index (Phi) is 6.49. The van der Waals surface area contributed by atoms with Crippen LogP contribution in [0.2, 0.25) is 0 Å². The number of carbonyl (C=O) groups is 1. The Hall–Kier alpha value is -0.610. The quantitative estimate of drug-likeness (QED) is 0.818. The van der Waals surface area contributed by atoms with Gasteiger partial charge in [0.05, 0.1) is 6.54 Å². The molecule has 4 heteroatoms. The SMILES string of the molecule is CCN(CC(=O)NC1CCC(C)CC1)C1CCC(N)CC1. The normalized spacial score (nSPS) is 33.9. The zero-order valence-electron chi connectivity index (χ0n) is 13.8. The topological polar surface area (TPSA) is 58.4 Å². The third-order valence-electron chi connectivity index (χ3n) is 5.39.